The fourth-order valence-electron chi connectivity index (χ4n) is 1.31. The molecule has 0 amide bonds. The van der Waals surface area contributed by atoms with Gasteiger partial charge in [0.05, 0.1) is 0 Å². The Bertz CT molecular complexity index is 323. The highest BCUT2D eigenvalue weighted by molar-refractivity contribution is 6.00. The second-order valence-electron chi connectivity index (χ2n) is 2.73. The molecule has 0 aromatic heterocycles. The van der Waals surface area contributed by atoms with Gasteiger partial charge in [0.2, 0.25) is 0 Å². The standard InChI is InChI=1S/C10H9N/c11-10-6-5-8-3-1-2-4-9(8)7-10/h1-6,11H,7H2. The SMILES string of the molecule is N=C1C=Cc2ccccc2C1. The number of hydrogen-bond donors (Lipinski definition) is 1. The number of allylic oxidation sites excluding steroid dienone is 1. The Labute approximate surface area is 65.9 Å². The van der Waals surface area contributed by atoms with Crippen LogP contribution in [0, 0.1) is 5.41 Å². The number of hydrogen-bond acceptors (Lipinski definition) is 1. The topological polar surface area (TPSA) is 23.9 Å². The van der Waals surface area contributed by atoms with Crippen LogP contribution in [-0.2, 0) is 6.42 Å². The molecule has 1 aromatic carbocycles. The van der Waals surface area contributed by atoms with Gasteiger partial charge in [-0.25, -0.2) is 0 Å². The Morgan fingerprint density at radius 2 is 1.91 bits per heavy atom. The Balaban J connectivity index is 2.54. The lowest BCUT2D eigenvalue weighted by Gasteiger charge is -2.09. The second kappa shape index (κ2) is 2.35. The van der Waals surface area contributed by atoms with E-state index in [2.05, 4.69) is 12.1 Å². The van der Waals surface area contributed by atoms with E-state index >= 15 is 0 Å². The van der Waals surface area contributed by atoms with Crippen molar-refractivity contribution < 1.29 is 0 Å². The Morgan fingerprint density at radius 1 is 1.09 bits per heavy atom. The van der Waals surface area contributed by atoms with Crippen LogP contribution in [-0.4, -0.2) is 5.71 Å². The molecular formula is C10H9N. The molecule has 1 aliphatic carbocycles. The van der Waals surface area contributed by atoms with Crippen molar-refractivity contribution in [1.29, 1.82) is 5.41 Å². The van der Waals surface area contributed by atoms with Gasteiger partial charge < -0.3 is 5.41 Å². The highest BCUT2D eigenvalue weighted by Gasteiger charge is 2.05. The van der Waals surface area contributed by atoms with Gasteiger partial charge in [-0.1, -0.05) is 30.3 Å². The third kappa shape index (κ3) is 1.09. The molecule has 0 saturated heterocycles. The molecule has 0 unspecified atom stereocenters. The molecule has 0 bridgehead atoms. The molecule has 1 heteroatoms. The van der Waals surface area contributed by atoms with Gasteiger partial charge in [0.15, 0.2) is 0 Å². The minimum absolute atomic E-state index is 0.698. The third-order valence-electron chi connectivity index (χ3n) is 1.90. The third-order valence-corrected chi connectivity index (χ3v) is 1.90. The molecule has 1 aliphatic rings. The summed E-state index contributed by atoms with van der Waals surface area (Å²) in [7, 11) is 0. The van der Waals surface area contributed by atoms with Gasteiger partial charge in [0.25, 0.3) is 0 Å². The van der Waals surface area contributed by atoms with Crippen LogP contribution in [0.25, 0.3) is 6.08 Å². The fourth-order valence-corrected chi connectivity index (χ4v) is 1.31. The lowest BCUT2D eigenvalue weighted by Crippen LogP contribution is -2.03. The Kier molecular flexibility index (Phi) is 1.35. The van der Waals surface area contributed by atoms with Crippen molar-refractivity contribution in [2.75, 3.05) is 0 Å². The number of nitrogens with one attached hydrogen (secondary N) is 1. The Hall–Kier alpha value is -1.37. The zero-order chi connectivity index (χ0) is 7.68. The first-order valence-electron chi connectivity index (χ1n) is 3.70. The fraction of sp³-hybridized carbons (Fsp3) is 0.100. The first-order valence-corrected chi connectivity index (χ1v) is 3.70. The average Bonchev–Trinajstić information content (AvgIpc) is 2.04. The van der Waals surface area contributed by atoms with E-state index in [1.807, 2.05) is 24.3 Å². The minimum atomic E-state index is 0.698. The van der Waals surface area contributed by atoms with E-state index in [1.165, 1.54) is 11.1 Å². The van der Waals surface area contributed by atoms with Gasteiger partial charge >= 0.3 is 0 Å². The molecule has 0 aliphatic heterocycles. The molecule has 0 fully saturated rings. The number of benzene rings is 1. The quantitative estimate of drug-likeness (QED) is 0.576. The molecule has 0 saturated carbocycles. The normalized spacial score (nSPS) is 14.7. The summed E-state index contributed by atoms with van der Waals surface area (Å²) >= 11 is 0. The largest absolute Gasteiger partial charge is 0.305 e. The maximum absolute atomic E-state index is 7.43. The van der Waals surface area contributed by atoms with Crippen molar-refractivity contribution in [3.05, 3.63) is 41.5 Å². The van der Waals surface area contributed by atoms with Crippen molar-refractivity contribution in [1.82, 2.24) is 0 Å². The van der Waals surface area contributed by atoms with E-state index in [4.69, 9.17) is 5.41 Å². The van der Waals surface area contributed by atoms with Crippen LogP contribution < -0.4 is 0 Å². The summed E-state index contributed by atoms with van der Waals surface area (Å²) in [5.41, 5.74) is 3.22. The van der Waals surface area contributed by atoms with Crippen LogP contribution in [0.2, 0.25) is 0 Å². The van der Waals surface area contributed by atoms with Crippen LogP contribution in [0.1, 0.15) is 11.1 Å². The van der Waals surface area contributed by atoms with E-state index in [0.29, 0.717) is 5.71 Å². The average molecular weight is 143 g/mol. The second-order valence-corrected chi connectivity index (χ2v) is 2.73. The van der Waals surface area contributed by atoms with Gasteiger partial charge in [-0.15, -0.1) is 0 Å². The molecule has 54 valence electrons. The molecule has 0 atom stereocenters. The summed E-state index contributed by atoms with van der Waals surface area (Å²) in [6.45, 7) is 0. The van der Waals surface area contributed by atoms with E-state index in [0.717, 1.165) is 6.42 Å². The summed E-state index contributed by atoms with van der Waals surface area (Å²) in [5, 5.41) is 7.43. The number of rotatable bonds is 0. The first kappa shape index (κ1) is 6.35. The monoisotopic (exact) mass is 143 g/mol. The molecule has 1 aromatic rings. The lowest BCUT2D eigenvalue weighted by atomic mass is 9.97. The molecule has 1 N–H and O–H groups in total. The molecule has 0 radical (unpaired) electrons. The van der Waals surface area contributed by atoms with Crippen LogP contribution in [0.5, 0.6) is 0 Å². The molecule has 0 heterocycles. The summed E-state index contributed by atoms with van der Waals surface area (Å²) in [6, 6.07) is 8.20. The lowest BCUT2D eigenvalue weighted by molar-refractivity contribution is 1.27. The summed E-state index contributed by atoms with van der Waals surface area (Å²) in [5.74, 6) is 0. The molecule has 0 spiro atoms. The summed E-state index contributed by atoms with van der Waals surface area (Å²) < 4.78 is 0. The van der Waals surface area contributed by atoms with Crippen LogP contribution in [0.4, 0.5) is 0 Å². The van der Waals surface area contributed by atoms with Gasteiger partial charge in [0, 0.05) is 12.1 Å². The maximum Gasteiger partial charge on any atom is 0.0358 e. The summed E-state index contributed by atoms with van der Waals surface area (Å²) in [6.07, 6.45) is 4.65. The maximum atomic E-state index is 7.43. The van der Waals surface area contributed by atoms with Crippen LogP contribution in [0.3, 0.4) is 0 Å². The van der Waals surface area contributed by atoms with Crippen molar-refractivity contribution in [2.24, 2.45) is 0 Å². The highest BCUT2D eigenvalue weighted by Crippen LogP contribution is 2.16. The number of fused-ring (bicyclic) bond motifs is 1. The van der Waals surface area contributed by atoms with Crippen molar-refractivity contribution in [3.8, 4) is 0 Å². The van der Waals surface area contributed by atoms with Crippen molar-refractivity contribution in [3.63, 3.8) is 0 Å². The minimum Gasteiger partial charge on any atom is -0.305 e. The van der Waals surface area contributed by atoms with Crippen LogP contribution in [0.15, 0.2) is 30.3 Å². The van der Waals surface area contributed by atoms with Gasteiger partial charge in [-0.3, -0.25) is 0 Å². The molecular weight excluding hydrogens is 134 g/mol. The van der Waals surface area contributed by atoms with Gasteiger partial charge in [-0.05, 0) is 17.2 Å². The Morgan fingerprint density at radius 3 is 2.82 bits per heavy atom. The molecule has 11 heavy (non-hydrogen) atoms. The highest BCUT2D eigenvalue weighted by atomic mass is 14.4. The van der Waals surface area contributed by atoms with E-state index in [-0.39, 0.29) is 0 Å². The van der Waals surface area contributed by atoms with Gasteiger partial charge in [-0.2, -0.15) is 0 Å². The molecule has 1 nitrogen and oxygen atoms in total. The van der Waals surface area contributed by atoms with Gasteiger partial charge in [0.1, 0.15) is 0 Å². The predicted molar refractivity (Wildman–Crippen MR) is 46.9 cm³/mol. The zero-order valence-electron chi connectivity index (χ0n) is 6.17. The van der Waals surface area contributed by atoms with Crippen molar-refractivity contribution >= 4 is 11.8 Å². The first-order chi connectivity index (χ1) is 5.36. The van der Waals surface area contributed by atoms with Crippen LogP contribution >= 0.6 is 0 Å². The summed E-state index contributed by atoms with van der Waals surface area (Å²) in [4.78, 5) is 0. The zero-order valence-corrected chi connectivity index (χ0v) is 6.17. The predicted octanol–water partition coefficient (Wildman–Crippen LogP) is 2.28. The van der Waals surface area contributed by atoms with E-state index in [1.54, 1.807) is 0 Å². The smallest absolute Gasteiger partial charge is 0.0358 e. The van der Waals surface area contributed by atoms with Crippen molar-refractivity contribution in [2.45, 2.75) is 6.42 Å². The van der Waals surface area contributed by atoms with E-state index in [9.17, 15) is 0 Å². The molecule has 2 rings (SSSR count). The van der Waals surface area contributed by atoms with E-state index < -0.39 is 0 Å².